The molecule has 24 heavy (non-hydrogen) atoms. The van der Waals surface area contributed by atoms with Crippen LogP contribution in [0.5, 0.6) is 0 Å². The Bertz CT molecular complexity index is 576. The molecule has 0 aliphatic heterocycles. The van der Waals surface area contributed by atoms with Gasteiger partial charge in [0.05, 0.1) is 5.69 Å². The summed E-state index contributed by atoms with van der Waals surface area (Å²) in [5, 5.41) is 3.58. The molecule has 7 heteroatoms. The molecule has 2 N–H and O–H groups in total. The number of hydrogen-bond donors (Lipinski definition) is 1. The molecule has 7 nitrogen and oxygen atoms in total. The number of esters is 2. The fourth-order valence-corrected chi connectivity index (χ4v) is 3.29. The first-order chi connectivity index (χ1) is 11.3. The van der Waals surface area contributed by atoms with Crippen molar-refractivity contribution in [2.75, 3.05) is 12.3 Å². The topological polar surface area (TPSA) is 105 Å². The Labute approximate surface area is 141 Å². The number of nitrogen functional groups attached to an aromatic ring is 1. The maximum atomic E-state index is 12.1. The van der Waals surface area contributed by atoms with Gasteiger partial charge in [-0.25, -0.2) is 9.59 Å². The van der Waals surface area contributed by atoms with Crippen molar-refractivity contribution in [1.29, 1.82) is 0 Å². The Morgan fingerprint density at radius 1 is 1.38 bits per heavy atom. The van der Waals surface area contributed by atoms with E-state index in [1.807, 2.05) is 0 Å². The van der Waals surface area contributed by atoms with Crippen LogP contribution in [-0.2, 0) is 14.3 Å². The zero-order valence-corrected chi connectivity index (χ0v) is 14.7. The number of anilines is 1. The number of rotatable bonds is 5. The quantitative estimate of drug-likeness (QED) is 0.823. The molecule has 1 heterocycles. The van der Waals surface area contributed by atoms with Gasteiger partial charge in [-0.2, -0.15) is 0 Å². The van der Waals surface area contributed by atoms with Crippen molar-refractivity contribution in [2.45, 2.75) is 53.1 Å². The van der Waals surface area contributed by atoms with E-state index < -0.39 is 18.5 Å². The molecule has 1 aromatic rings. The van der Waals surface area contributed by atoms with Gasteiger partial charge in [-0.15, -0.1) is 0 Å². The number of aromatic nitrogens is 1. The Balaban J connectivity index is 1.89. The van der Waals surface area contributed by atoms with Gasteiger partial charge in [-0.1, -0.05) is 32.3 Å². The minimum atomic E-state index is -0.736. The van der Waals surface area contributed by atoms with E-state index in [0.717, 1.165) is 19.3 Å². The van der Waals surface area contributed by atoms with Gasteiger partial charge in [0.1, 0.15) is 11.7 Å². The Kier molecular flexibility index (Phi) is 5.85. The first-order valence-electron chi connectivity index (χ1n) is 8.38. The standard InChI is InChI=1S/C17H26N2O5/c1-9(2)12-6-5-10(3)7-13(12)23-14(20)8-22-17(21)15-11(4)19-24-16(15)18/h9-10,12-13H,5-8,18H2,1-4H3/t10-,12-,13-/m1/s1. The molecule has 3 atom stereocenters. The van der Waals surface area contributed by atoms with Crippen LogP contribution < -0.4 is 5.73 Å². The molecule has 0 bridgehead atoms. The number of nitrogens with two attached hydrogens (primary N) is 1. The molecule has 0 aromatic carbocycles. The predicted molar refractivity (Wildman–Crippen MR) is 87.2 cm³/mol. The minimum absolute atomic E-state index is 0.0501. The lowest BCUT2D eigenvalue weighted by atomic mass is 9.75. The molecule has 1 aliphatic rings. The van der Waals surface area contributed by atoms with Gasteiger partial charge in [0.2, 0.25) is 5.88 Å². The van der Waals surface area contributed by atoms with E-state index in [9.17, 15) is 9.59 Å². The maximum absolute atomic E-state index is 12.1. The molecule has 0 unspecified atom stereocenters. The molecular weight excluding hydrogens is 312 g/mol. The molecule has 2 rings (SSSR count). The zero-order valence-electron chi connectivity index (χ0n) is 14.7. The second-order valence-electron chi connectivity index (χ2n) is 6.94. The molecule has 1 aromatic heterocycles. The van der Waals surface area contributed by atoms with Crippen molar-refractivity contribution in [3.8, 4) is 0 Å². The first kappa shape index (κ1) is 18.3. The molecule has 0 amide bonds. The fourth-order valence-electron chi connectivity index (χ4n) is 3.29. The fraction of sp³-hybridized carbons (Fsp3) is 0.706. The second kappa shape index (κ2) is 7.68. The van der Waals surface area contributed by atoms with Gasteiger partial charge >= 0.3 is 11.9 Å². The lowest BCUT2D eigenvalue weighted by Crippen LogP contribution is -2.36. The van der Waals surface area contributed by atoms with Crippen molar-refractivity contribution >= 4 is 17.8 Å². The van der Waals surface area contributed by atoms with E-state index in [-0.39, 0.29) is 17.6 Å². The number of aryl methyl sites for hydroxylation is 1. The Morgan fingerprint density at radius 2 is 2.08 bits per heavy atom. The first-order valence-corrected chi connectivity index (χ1v) is 8.38. The number of nitrogens with zero attached hydrogens (tertiary/aromatic N) is 1. The van der Waals surface area contributed by atoms with Crippen LogP contribution in [0, 0.1) is 24.7 Å². The van der Waals surface area contributed by atoms with Gasteiger partial charge in [-0.3, -0.25) is 0 Å². The molecular formula is C17H26N2O5. The van der Waals surface area contributed by atoms with Crippen LogP contribution in [0.15, 0.2) is 4.52 Å². The molecule has 0 saturated heterocycles. The van der Waals surface area contributed by atoms with Crippen molar-refractivity contribution in [3.63, 3.8) is 0 Å². The Morgan fingerprint density at radius 3 is 2.67 bits per heavy atom. The monoisotopic (exact) mass is 338 g/mol. The zero-order chi connectivity index (χ0) is 17.9. The van der Waals surface area contributed by atoms with E-state index in [0.29, 0.717) is 23.4 Å². The lowest BCUT2D eigenvalue weighted by Gasteiger charge is -2.36. The van der Waals surface area contributed by atoms with E-state index in [1.54, 1.807) is 6.92 Å². The maximum Gasteiger partial charge on any atom is 0.346 e. The normalized spacial score (nSPS) is 24.0. The smallest absolute Gasteiger partial charge is 0.346 e. The van der Waals surface area contributed by atoms with Gasteiger partial charge in [0, 0.05) is 0 Å². The average molecular weight is 338 g/mol. The molecule has 134 valence electrons. The van der Waals surface area contributed by atoms with Crippen LogP contribution in [0.1, 0.15) is 56.1 Å². The van der Waals surface area contributed by atoms with Crippen molar-refractivity contribution in [2.24, 2.45) is 17.8 Å². The van der Waals surface area contributed by atoms with Gasteiger partial charge in [-0.05, 0) is 37.5 Å². The lowest BCUT2D eigenvalue weighted by molar-refractivity contribution is -0.159. The summed E-state index contributed by atoms with van der Waals surface area (Å²) in [6.45, 7) is 7.57. The SMILES string of the molecule is Cc1noc(N)c1C(=O)OCC(=O)O[C@@H]1C[C@H](C)CC[C@@H]1C(C)C. The summed E-state index contributed by atoms with van der Waals surface area (Å²) in [5.74, 6) is -0.0813. The van der Waals surface area contributed by atoms with Crippen LogP contribution >= 0.6 is 0 Å². The van der Waals surface area contributed by atoms with Crippen LogP contribution in [0.3, 0.4) is 0 Å². The Hall–Kier alpha value is -2.05. The van der Waals surface area contributed by atoms with Gasteiger partial charge < -0.3 is 19.7 Å². The average Bonchev–Trinajstić information content (AvgIpc) is 2.83. The van der Waals surface area contributed by atoms with Crippen LogP contribution in [0.2, 0.25) is 0 Å². The third-order valence-corrected chi connectivity index (χ3v) is 4.66. The number of hydrogen-bond acceptors (Lipinski definition) is 7. The highest BCUT2D eigenvalue weighted by Crippen LogP contribution is 2.35. The van der Waals surface area contributed by atoms with E-state index in [2.05, 4.69) is 25.9 Å². The van der Waals surface area contributed by atoms with Crippen LogP contribution in [-0.4, -0.2) is 29.8 Å². The van der Waals surface area contributed by atoms with Crippen molar-refractivity contribution < 1.29 is 23.6 Å². The van der Waals surface area contributed by atoms with Gasteiger partial charge in [0.15, 0.2) is 6.61 Å². The highest BCUT2D eigenvalue weighted by Gasteiger charge is 2.33. The second-order valence-corrected chi connectivity index (χ2v) is 6.94. The third kappa shape index (κ3) is 4.27. The predicted octanol–water partition coefficient (Wildman–Crippen LogP) is 2.73. The van der Waals surface area contributed by atoms with E-state index in [4.69, 9.17) is 19.7 Å². The van der Waals surface area contributed by atoms with Crippen LogP contribution in [0.25, 0.3) is 0 Å². The highest BCUT2D eigenvalue weighted by atomic mass is 16.6. The summed E-state index contributed by atoms with van der Waals surface area (Å²) in [6, 6.07) is 0. The van der Waals surface area contributed by atoms with E-state index >= 15 is 0 Å². The summed E-state index contributed by atoms with van der Waals surface area (Å²) < 4.78 is 15.3. The van der Waals surface area contributed by atoms with Crippen molar-refractivity contribution in [1.82, 2.24) is 5.16 Å². The largest absolute Gasteiger partial charge is 0.460 e. The summed E-state index contributed by atoms with van der Waals surface area (Å²) in [7, 11) is 0. The number of carbonyl (C=O) groups excluding carboxylic acids is 2. The molecule has 0 radical (unpaired) electrons. The molecule has 1 aliphatic carbocycles. The molecule has 0 spiro atoms. The summed E-state index contributed by atoms with van der Waals surface area (Å²) in [6.07, 6.45) is 2.92. The van der Waals surface area contributed by atoms with E-state index in [1.165, 1.54) is 0 Å². The molecule has 1 fully saturated rings. The van der Waals surface area contributed by atoms with Gasteiger partial charge in [0.25, 0.3) is 0 Å². The summed E-state index contributed by atoms with van der Waals surface area (Å²) >= 11 is 0. The third-order valence-electron chi connectivity index (χ3n) is 4.66. The molecule has 1 saturated carbocycles. The summed E-state index contributed by atoms with van der Waals surface area (Å²) in [5.41, 5.74) is 5.89. The number of carbonyl (C=O) groups is 2. The number of ether oxygens (including phenoxy) is 2. The summed E-state index contributed by atoms with van der Waals surface area (Å²) in [4.78, 5) is 24.0. The minimum Gasteiger partial charge on any atom is -0.460 e. The van der Waals surface area contributed by atoms with Crippen LogP contribution in [0.4, 0.5) is 5.88 Å². The van der Waals surface area contributed by atoms with Crippen molar-refractivity contribution in [3.05, 3.63) is 11.3 Å². The highest BCUT2D eigenvalue weighted by molar-refractivity contribution is 5.95.